The van der Waals surface area contributed by atoms with Gasteiger partial charge in [-0.05, 0) is 43.4 Å². The van der Waals surface area contributed by atoms with Crippen LogP contribution in [0.5, 0.6) is 5.75 Å². The first kappa shape index (κ1) is 15.4. The Morgan fingerprint density at radius 2 is 2.00 bits per heavy atom. The number of carboxylic acids is 1. The van der Waals surface area contributed by atoms with Gasteiger partial charge in [-0.15, -0.1) is 0 Å². The van der Waals surface area contributed by atoms with E-state index in [0.717, 1.165) is 31.5 Å². The predicted molar refractivity (Wildman–Crippen MR) is 78.6 cm³/mol. The lowest BCUT2D eigenvalue weighted by molar-refractivity contribution is -0.134. The Bertz CT molecular complexity index is 533. The van der Waals surface area contributed by atoms with E-state index in [9.17, 15) is 9.59 Å². The van der Waals surface area contributed by atoms with E-state index in [4.69, 9.17) is 9.84 Å². The molecule has 0 saturated carbocycles. The molecule has 21 heavy (non-hydrogen) atoms. The quantitative estimate of drug-likeness (QED) is 0.924. The standard InChI is InChI=1S/C16H21NO4/c1-11-5-7-17(8-6-11)15(18)10-21-14-9-13(16(19)20)4-3-12(14)2/h3-4,9,11H,5-8,10H2,1-2H3,(H,19,20). The van der Waals surface area contributed by atoms with Crippen molar-refractivity contribution in [3.63, 3.8) is 0 Å². The van der Waals surface area contributed by atoms with E-state index in [2.05, 4.69) is 6.92 Å². The molecule has 0 unspecified atom stereocenters. The first-order chi connectivity index (χ1) is 9.97. The molecule has 2 rings (SSSR count). The average molecular weight is 291 g/mol. The van der Waals surface area contributed by atoms with Crippen LogP contribution in [-0.2, 0) is 4.79 Å². The Hall–Kier alpha value is -2.04. The highest BCUT2D eigenvalue weighted by molar-refractivity contribution is 5.88. The molecule has 0 bridgehead atoms. The van der Waals surface area contributed by atoms with Gasteiger partial charge >= 0.3 is 5.97 Å². The second-order valence-corrected chi connectivity index (χ2v) is 5.64. The third kappa shape index (κ3) is 3.97. The SMILES string of the molecule is Cc1ccc(C(=O)O)cc1OCC(=O)N1CCC(C)CC1. The first-order valence-corrected chi connectivity index (χ1v) is 7.22. The summed E-state index contributed by atoms with van der Waals surface area (Å²) in [7, 11) is 0. The number of carbonyl (C=O) groups is 2. The normalized spacial score (nSPS) is 15.8. The minimum absolute atomic E-state index is 0.0398. The van der Waals surface area contributed by atoms with Crippen molar-refractivity contribution in [2.75, 3.05) is 19.7 Å². The summed E-state index contributed by atoms with van der Waals surface area (Å²) < 4.78 is 5.51. The number of likely N-dealkylation sites (tertiary alicyclic amines) is 1. The van der Waals surface area contributed by atoms with Crippen LogP contribution in [0.4, 0.5) is 0 Å². The summed E-state index contributed by atoms with van der Waals surface area (Å²) in [5, 5.41) is 8.98. The highest BCUT2D eigenvalue weighted by Gasteiger charge is 2.20. The van der Waals surface area contributed by atoms with Gasteiger partial charge in [0.2, 0.25) is 0 Å². The van der Waals surface area contributed by atoms with Gasteiger partial charge < -0.3 is 14.7 Å². The van der Waals surface area contributed by atoms with E-state index < -0.39 is 5.97 Å². The van der Waals surface area contributed by atoms with Crippen LogP contribution in [0.3, 0.4) is 0 Å². The Morgan fingerprint density at radius 1 is 1.33 bits per heavy atom. The minimum atomic E-state index is -1.00. The van der Waals surface area contributed by atoms with Gasteiger partial charge in [-0.2, -0.15) is 0 Å². The van der Waals surface area contributed by atoms with Crippen LogP contribution in [-0.4, -0.2) is 41.6 Å². The van der Waals surface area contributed by atoms with Gasteiger partial charge in [0.05, 0.1) is 5.56 Å². The van der Waals surface area contributed by atoms with Gasteiger partial charge in [-0.3, -0.25) is 4.79 Å². The molecule has 0 spiro atoms. The summed E-state index contributed by atoms with van der Waals surface area (Å²) in [5.74, 6) is 0.0799. The van der Waals surface area contributed by atoms with E-state index in [1.165, 1.54) is 12.1 Å². The maximum Gasteiger partial charge on any atom is 0.335 e. The molecule has 114 valence electrons. The van der Waals surface area contributed by atoms with Crippen molar-refractivity contribution in [1.29, 1.82) is 0 Å². The molecule has 1 aromatic carbocycles. The molecule has 0 aliphatic carbocycles. The molecule has 1 amide bonds. The smallest absolute Gasteiger partial charge is 0.335 e. The fourth-order valence-corrected chi connectivity index (χ4v) is 2.38. The van der Waals surface area contributed by atoms with Gasteiger partial charge in [-0.25, -0.2) is 4.79 Å². The number of nitrogens with zero attached hydrogens (tertiary/aromatic N) is 1. The second kappa shape index (κ2) is 6.61. The zero-order valence-electron chi connectivity index (χ0n) is 12.5. The van der Waals surface area contributed by atoms with Crippen molar-refractivity contribution in [2.45, 2.75) is 26.7 Å². The third-order valence-electron chi connectivity index (χ3n) is 3.92. The van der Waals surface area contributed by atoms with Crippen LogP contribution in [0, 0.1) is 12.8 Å². The van der Waals surface area contributed by atoms with Crippen LogP contribution >= 0.6 is 0 Å². The number of ether oxygens (including phenoxy) is 1. The molecule has 5 nitrogen and oxygen atoms in total. The van der Waals surface area contributed by atoms with Gasteiger partial charge in [0.25, 0.3) is 5.91 Å². The lowest BCUT2D eigenvalue weighted by Gasteiger charge is -2.30. The molecule has 0 radical (unpaired) electrons. The number of amides is 1. The summed E-state index contributed by atoms with van der Waals surface area (Å²) in [6.07, 6.45) is 2.05. The number of carbonyl (C=O) groups excluding carboxylic acids is 1. The second-order valence-electron chi connectivity index (χ2n) is 5.64. The number of carboxylic acid groups (broad SMARTS) is 1. The fourth-order valence-electron chi connectivity index (χ4n) is 2.38. The van der Waals surface area contributed by atoms with Gasteiger partial charge in [0, 0.05) is 13.1 Å². The summed E-state index contributed by atoms with van der Waals surface area (Å²) in [5.41, 5.74) is 0.981. The molecule has 1 fully saturated rings. The molecule has 1 N–H and O–H groups in total. The van der Waals surface area contributed by atoms with Crippen LogP contribution in [0.2, 0.25) is 0 Å². The largest absolute Gasteiger partial charge is 0.483 e. The molecule has 1 saturated heterocycles. The van der Waals surface area contributed by atoms with Crippen LogP contribution < -0.4 is 4.74 Å². The Labute approximate surface area is 124 Å². The highest BCUT2D eigenvalue weighted by atomic mass is 16.5. The van der Waals surface area contributed by atoms with Crippen molar-refractivity contribution in [2.24, 2.45) is 5.92 Å². The van der Waals surface area contributed by atoms with Crippen molar-refractivity contribution in [3.8, 4) is 5.75 Å². The lowest BCUT2D eigenvalue weighted by atomic mass is 9.99. The minimum Gasteiger partial charge on any atom is -0.483 e. The van der Waals surface area contributed by atoms with Gasteiger partial charge in [-0.1, -0.05) is 13.0 Å². The van der Waals surface area contributed by atoms with Crippen LogP contribution in [0.25, 0.3) is 0 Å². The lowest BCUT2D eigenvalue weighted by Crippen LogP contribution is -2.40. The van der Waals surface area contributed by atoms with E-state index in [1.807, 2.05) is 11.8 Å². The van der Waals surface area contributed by atoms with E-state index in [-0.39, 0.29) is 18.1 Å². The molecule has 1 heterocycles. The van der Waals surface area contributed by atoms with Crippen molar-refractivity contribution < 1.29 is 19.4 Å². The number of rotatable bonds is 4. The summed E-state index contributed by atoms with van der Waals surface area (Å²) >= 11 is 0. The topological polar surface area (TPSA) is 66.8 Å². The van der Waals surface area contributed by atoms with Gasteiger partial charge in [0.1, 0.15) is 5.75 Å². The Kier molecular flexibility index (Phi) is 4.83. The summed E-state index contributed by atoms with van der Waals surface area (Å²) in [6.45, 7) is 5.53. The van der Waals surface area contributed by atoms with E-state index in [0.29, 0.717) is 11.7 Å². The van der Waals surface area contributed by atoms with Crippen molar-refractivity contribution in [3.05, 3.63) is 29.3 Å². The molecule has 5 heteroatoms. The molecular weight excluding hydrogens is 270 g/mol. The molecule has 0 aromatic heterocycles. The zero-order chi connectivity index (χ0) is 15.4. The Balaban J connectivity index is 1.94. The van der Waals surface area contributed by atoms with Crippen LogP contribution in [0.1, 0.15) is 35.7 Å². The van der Waals surface area contributed by atoms with Crippen molar-refractivity contribution in [1.82, 2.24) is 4.90 Å². The third-order valence-corrected chi connectivity index (χ3v) is 3.92. The fraction of sp³-hybridized carbons (Fsp3) is 0.500. The molecular formula is C16H21NO4. The van der Waals surface area contributed by atoms with Gasteiger partial charge in [0.15, 0.2) is 6.61 Å². The maximum atomic E-state index is 12.1. The highest BCUT2D eigenvalue weighted by Crippen LogP contribution is 2.20. The molecule has 0 atom stereocenters. The number of hydrogen-bond donors (Lipinski definition) is 1. The van der Waals surface area contributed by atoms with E-state index in [1.54, 1.807) is 6.07 Å². The van der Waals surface area contributed by atoms with E-state index >= 15 is 0 Å². The molecule has 1 aliphatic heterocycles. The first-order valence-electron chi connectivity index (χ1n) is 7.22. The Morgan fingerprint density at radius 3 is 2.62 bits per heavy atom. The number of piperidine rings is 1. The molecule has 1 aliphatic rings. The number of benzene rings is 1. The maximum absolute atomic E-state index is 12.1. The van der Waals surface area contributed by atoms with Crippen molar-refractivity contribution >= 4 is 11.9 Å². The number of aromatic carboxylic acids is 1. The van der Waals surface area contributed by atoms with Crippen LogP contribution in [0.15, 0.2) is 18.2 Å². The average Bonchev–Trinajstić information content (AvgIpc) is 2.46. The predicted octanol–water partition coefficient (Wildman–Crippen LogP) is 2.33. The zero-order valence-corrected chi connectivity index (χ0v) is 12.5. The summed E-state index contributed by atoms with van der Waals surface area (Å²) in [6, 6.07) is 4.67. The summed E-state index contributed by atoms with van der Waals surface area (Å²) in [4.78, 5) is 24.9. The monoisotopic (exact) mass is 291 g/mol. The number of hydrogen-bond acceptors (Lipinski definition) is 3. The molecule has 1 aromatic rings. The number of aryl methyl sites for hydroxylation is 1.